The van der Waals surface area contributed by atoms with Crippen LogP contribution in [0.2, 0.25) is 18.6 Å². The summed E-state index contributed by atoms with van der Waals surface area (Å²) in [6, 6.07) is 0. The predicted octanol–water partition coefficient (Wildman–Crippen LogP) is 3.93. The number of guanidine groups is 1. The van der Waals surface area contributed by atoms with Crippen LogP contribution in [0.5, 0.6) is 0 Å². The molecule has 0 bridgehead atoms. The first-order chi connectivity index (χ1) is 10.7. The molecular formula is C18H33N3Si. The van der Waals surface area contributed by atoms with E-state index in [1.165, 1.54) is 77.0 Å². The zero-order valence-electron chi connectivity index (χ0n) is 14.6. The van der Waals surface area contributed by atoms with Crippen LogP contribution >= 0.6 is 0 Å². The number of aliphatic imine (C=N–C) groups is 1. The third-order valence-corrected chi connectivity index (χ3v) is 11.5. The SMILES string of the molecule is C[Si](C)(C1CCC2CCCCC21)N1CCCN2CCCN=C21. The first-order valence-corrected chi connectivity index (χ1v) is 12.8. The van der Waals surface area contributed by atoms with Crippen molar-refractivity contribution >= 4 is 14.2 Å². The van der Waals surface area contributed by atoms with Gasteiger partial charge in [0.2, 0.25) is 0 Å². The normalized spacial score (nSPS) is 35.9. The van der Waals surface area contributed by atoms with Crippen LogP contribution in [0, 0.1) is 11.8 Å². The van der Waals surface area contributed by atoms with Crippen LogP contribution in [0.25, 0.3) is 0 Å². The molecule has 2 saturated carbocycles. The van der Waals surface area contributed by atoms with E-state index in [-0.39, 0.29) is 0 Å². The van der Waals surface area contributed by atoms with Gasteiger partial charge in [0.25, 0.3) is 0 Å². The molecule has 4 aliphatic rings. The average molecular weight is 320 g/mol. The zero-order chi connectivity index (χ0) is 15.2. The van der Waals surface area contributed by atoms with Crippen molar-refractivity contribution < 1.29 is 0 Å². The van der Waals surface area contributed by atoms with Crippen LogP contribution in [0.4, 0.5) is 0 Å². The largest absolute Gasteiger partial charge is 0.370 e. The van der Waals surface area contributed by atoms with E-state index >= 15 is 0 Å². The van der Waals surface area contributed by atoms with Crippen molar-refractivity contribution in [3.63, 3.8) is 0 Å². The Balaban J connectivity index is 1.58. The van der Waals surface area contributed by atoms with Crippen LogP contribution in [0.1, 0.15) is 51.4 Å². The molecule has 0 radical (unpaired) electrons. The molecule has 0 spiro atoms. The van der Waals surface area contributed by atoms with Gasteiger partial charge in [-0.15, -0.1) is 0 Å². The maximum absolute atomic E-state index is 4.98. The van der Waals surface area contributed by atoms with Crippen molar-refractivity contribution in [1.82, 2.24) is 9.47 Å². The van der Waals surface area contributed by atoms with E-state index in [0.717, 1.165) is 23.9 Å². The second-order valence-electron chi connectivity index (χ2n) is 8.57. The maximum Gasteiger partial charge on any atom is 0.188 e. The average Bonchev–Trinajstić information content (AvgIpc) is 2.99. The van der Waals surface area contributed by atoms with Gasteiger partial charge in [0.05, 0.1) is 0 Å². The van der Waals surface area contributed by atoms with E-state index in [4.69, 9.17) is 4.99 Å². The number of fused-ring (bicyclic) bond motifs is 2. The molecule has 3 unspecified atom stereocenters. The van der Waals surface area contributed by atoms with E-state index in [9.17, 15) is 0 Å². The number of nitrogens with zero attached hydrogens (tertiary/aromatic N) is 3. The molecule has 0 N–H and O–H groups in total. The van der Waals surface area contributed by atoms with Gasteiger partial charge in [0, 0.05) is 26.2 Å². The first kappa shape index (κ1) is 15.0. The van der Waals surface area contributed by atoms with Crippen molar-refractivity contribution in [1.29, 1.82) is 0 Å². The molecule has 2 aliphatic heterocycles. The van der Waals surface area contributed by atoms with Gasteiger partial charge < -0.3 is 9.47 Å². The highest BCUT2D eigenvalue weighted by Crippen LogP contribution is 2.53. The van der Waals surface area contributed by atoms with Gasteiger partial charge in [-0.05, 0) is 30.2 Å². The third kappa shape index (κ3) is 2.42. The summed E-state index contributed by atoms with van der Waals surface area (Å²) in [7, 11) is -1.42. The lowest BCUT2D eigenvalue weighted by molar-refractivity contribution is 0.263. The molecule has 0 aromatic heterocycles. The lowest BCUT2D eigenvalue weighted by Crippen LogP contribution is -2.64. The van der Waals surface area contributed by atoms with Crippen LogP contribution in [-0.4, -0.2) is 49.8 Å². The van der Waals surface area contributed by atoms with Gasteiger partial charge in [0.15, 0.2) is 14.2 Å². The van der Waals surface area contributed by atoms with Gasteiger partial charge in [0.1, 0.15) is 0 Å². The molecule has 4 rings (SSSR count). The van der Waals surface area contributed by atoms with Crippen LogP contribution < -0.4 is 0 Å². The fourth-order valence-electron chi connectivity index (χ4n) is 5.98. The molecule has 4 heteroatoms. The minimum atomic E-state index is -1.42. The molecule has 22 heavy (non-hydrogen) atoms. The molecule has 3 nitrogen and oxygen atoms in total. The first-order valence-electron chi connectivity index (χ1n) is 9.75. The smallest absolute Gasteiger partial charge is 0.188 e. The van der Waals surface area contributed by atoms with Crippen LogP contribution in [0.3, 0.4) is 0 Å². The third-order valence-electron chi connectivity index (χ3n) is 7.11. The molecular weight excluding hydrogens is 286 g/mol. The molecule has 0 amide bonds. The Morgan fingerprint density at radius 1 is 0.909 bits per heavy atom. The van der Waals surface area contributed by atoms with Crippen LogP contribution in [-0.2, 0) is 0 Å². The van der Waals surface area contributed by atoms with E-state index in [1.807, 2.05) is 0 Å². The van der Waals surface area contributed by atoms with E-state index in [1.54, 1.807) is 0 Å². The summed E-state index contributed by atoms with van der Waals surface area (Å²) in [6.45, 7) is 10.2. The topological polar surface area (TPSA) is 18.8 Å². The molecule has 0 aromatic rings. The van der Waals surface area contributed by atoms with Gasteiger partial charge in [-0.1, -0.05) is 51.6 Å². The van der Waals surface area contributed by atoms with Gasteiger partial charge in [-0.3, -0.25) is 4.99 Å². The summed E-state index contributed by atoms with van der Waals surface area (Å²) in [5, 5.41) is 0. The highest BCUT2D eigenvalue weighted by molar-refractivity contribution is 6.78. The van der Waals surface area contributed by atoms with Crippen LogP contribution in [0.15, 0.2) is 4.99 Å². The van der Waals surface area contributed by atoms with Crippen molar-refractivity contribution in [2.24, 2.45) is 16.8 Å². The Hall–Kier alpha value is -0.513. The molecule has 2 aliphatic carbocycles. The second-order valence-corrected chi connectivity index (χ2v) is 13.2. The molecule has 2 heterocycles. The van der Waals surface area contributed by atoms with E-state index in [2.05, 4.69) is 22.6 Å². The van der Waals surface area contributed by atoms with E-state index in [0.29, 0.717) is 0 Å². The molecule has 0 aromatic carbocycles. The Bertz CT molecular complexity index is 448. The van der Waals surface area contributed by atoms with Gasteiger partial charge in [-0.2, -0.15) is 0 Å². The minimum Gasteiger partial charge on any atom is -0.370 e. The second kappa shape index (κ2) is 5.84. The quantitative estimate of drug-likeness (QED) is 0.718. The number of hydrogen-bond donors (Lipinski definition) is 0. The maximum atomic E-state index is 4.98. The van der Waals surface area contributed by atoms with Crippen molar-refractivity contribution in [3.8, 4) is 0 Å². The summed E-state index contributed by atoms with van der Waals surface area (Å²) >= 11 is 0. The van der Waals surface area contributed by atoms with Gasteiger partial charge >= 0.3 is 0 Å². The standard InChI is InChI=1S/C18H33N3Si/c1-22(2,17-10-9-15-7-3-4-8-16(15)17)21-14-6-13-20-12-5-11-19-18(20)21/h15-17H,3-14H2,1-2H3. The van der Waals surface area contributed by atoms with Gasteiger partial charge in [-0.25, -0.2) is 0 Å². The highest BCUT2D eigenvalue weighted by Gasteiger charge is 2.50. The Morgan fingerprint density at radius 2 is 1.73 bits per heavy atom. The highest BCUT2D eigenvalue weighted by atomic mass is 28.3. The zero-order valence-corrected chi connectivity index (χ0v) is 15.6. The summed E-state index contributed by atoms with van der Waals surface area (Å²) in [6.07, 6.45) is 11.7. The Labute approximate surface area is 137 Å². The van der Waals surface area contributed by atoms with Crippen molar-refractivity contribution in [2.45, 2.75) is 70.0 Å². The molecule has 3 atom stereocenters. The lowest BCUT2D eigenvalue weighted by atomic mass is 9.82. The lowest BCUT2D eigenvalue weighted by Gasteiger charge is -2.51. The predicted molar refractivity (Wildman–Crippen MR) is 95.7 cm³/mol. The monoisotopic (exact) mass is 319 g/mol. The Morgan fingerprint density at radius 3 is 2.64 bits per heavy atom. The fourth-order valence-corrected chi connectivity index (χ4v) is 10.2. The molecule has 3 fully saturated rings. The summed E-state index contributed by atoms with van der Waals surface area (Å²) in [5.41, 5.74) is 1.02. The fraction of sp³-hybridized carbons (Fsp3) is 0.944. The summed E-state index contributed by atoms with van der Waals surface area (Å²) < 4.78 is 2.84. The minimum absolute atomic E-state index is 1.02. The van der Waals surface area contributed by atoms with Crippen molar-refractivity contribution in [3.05, 3.63) is 0 Å². The summed E-state index contributed by atoms with van der Waals surface area (Å²) in [4.78, 5) is 7.57. The van der Waals surface area contributed by atoms with E-state index < -0.39 is 8.24 Å². The molecule has 1 saturated heterocycles. The summed E-state index contributed by atoms with van der Waals surface area (Å²) in [5.74, 6) is 3.52. The Kier molecular flexibility index (Phi) is 4.00. The number of rotatable bonds is 2. The number of hydrogen-bond acceptors (Lipinski definition) is 3. The van der Waals surface area contributed by atoms with Crippen molar-refractivity contribution in [2.75, 3.05) is 26.2 Å². The molecule has 124 valence electrons.